The van der Waals surface area contributed by atoms with Crippen molar-refractivity contribution in [1.29, 1.82) is 0 Å². The van der Waals surface area contributed by atoms with Crippen molar-refractivity contribution in [2.45, 2.75) is 13.3 Å². The average molecular weight is 422 g/mol. The minimum absolute atomic E-state index is 0.0508. The molecule has 0 spiro atoms. The van der Waals surface area contributed by atoms with Crippen molar-refractivity contribution in [3.63, 3.8) is 0 Å². The Morgan fingerprint density at radius 2 is 1.79 bits per heavy atom. The fourth-order valence-electron chi connectivity index (χ4n) is 3.26. The van der Waals surface area contributed by atoms with Gasteiger partial charge in [-0.25, -0.2) is 8.42 Å². The zero-order chi connectivity index (χ0) is 20.1. The largest absolute Gasteiger partial charge is 0.367 e. The molecule has 1 heterocycles. The molecule has 0 atom stereocenters. The maximum atomic E-state index is 12.9. The lowest BCUT2D eigenvalue weighted by Gasteiger charge is -2.36. The van der Waals surface area contributed by atoms with Gasteiger partial charge in [0, 0.05) is 37.4 Å². The van der Waals surface area contributed by atoms with Gasteiger partial charge in [-0.15, -0.1) is 0 Å². The molecule has 2 aromatic carbocycles. The third-order valence-corrected chi connectivity index (χ3v) is 6.43. The normalized spacial score (nSPS) is 14.8. The van der Waals surface area contributed by atoms with Crippen molar-refractivity contribution in [3.05, 3.63) is 59.1 Å². The summed E-state index contributed by atoms with van der Waals surface area (Å²) >= 11 is 6.27. The molecule has 0 unspecified atom stereocenters. The SMILES string of the molecule is CCCS(=O)(=O)Nc1cccc(C(=O)N2CCN(c3ccccc3Cl)CC2)c1. The van der Waals surface area contributed by atoms with Crippen molar-refractivity contribution in [2.24, 2.45) is 0 Å². The molecule has 2 aromatic rings. The minimum atomic E-state index is -3.39. The molecule has 0 aromatic heterocycles. The highest BCUT2D eigenvalue weighted by molar-refractivity contribution is 7.92. The molecule has 1 amide bonds. The number of rotatable bonds is 6. The van der Waals surface area contributed by atoms with Gasteiger partial charge in [0.2, 0.25) is 10.0 Å². The van der Waals surface area contributed by atoms with Crippen LogP contribution in [0.4, 0.5) is 11.4 Å². The highest BCUT2D eigenvalue weighted by atomic mass is 35.5. The Morgan fingerprint density at radius 3 is 2.46 bits per heavy atom. The number of nitrogens with one attached hydrogen (secondary N) is 1. The van der Waals surface area contributed by atoms with E-state index in [1.807, 2.05) is 24.3 Å². The summed E-state index contributed by atoms with van der Waals surface area (Å²) in [5.74, 6) is -0.0508. The Labute approximate surface area is 171 Å². The topological polar surface area (TPSA) is 69.7 Å². The Bertz CT molecular complexity index is 941. The van der Waals surface area contributed by atoms with Crippen molar-refractivity contribution in [3.8, 4) is 0 Å². The summed E-state index contributed by atoms with van der Waals surface area (Å²) in [6.45, 7) is 4.35. The van der Waals surface area contributed by atoms with Crippen molar-refractivity contribution in [1.82, 2.24) is 4.90 Å². The number of amides is 1. The number of carbonyl (C=O) groups is 1. The summed E-state index contributed by atoms with van der Waals surface area (Å²) in [5, 5.41) is 0.703. The molecule has 0 saturated carbocycles. The quantitative estimate of drug-likeness (QED) is 0.775. The first-order valence-corrected chi connectivity index (χ1v) is 11.3. The van der Waals surface area contributed by atoms with Crippen LogP contribution in [0.5, 0.6) is 0 Å². The van der Waals surface area contributed by atoms with Crippen LogP contribution in [0, 0.1) is 0 Å². The number of hydrogen-bond acceptors (Lipinski definition) is 4. The second-order valence-corrected chi connectivity index (χ2v) is 8.98. The van der Waals surface area contributed by atoms with Gasteiger partial charge in [-0.2, -0.15) is 0 Å². The van der Waals surface area contributed by atoms with Crippen LogP contribution in [0.15, 0.2) is 48.5 Å². The molecule has 28 heavy (non-hydrogen) atoms. The van der Waals surface area contributed by atoms with E-state index < -0.39 is 10.0 Å². The van der Waals surface area contributed by atoms with Crippen LogP contribution in [0.1, 0.15) is 23.7 Å². The number of para-hydroxylation sites is 1. The Morgan fingerprint density at radius 1 is 1.07 bits per heavy atom. The van der Waals surface area contributed by atoms with Gasteiger partial charge in [-0.3, -0.25) is 9.52 Å². The Balaban J connectivity index is 1.65. The predicted molar refractivity (Wildman–Crippen MR) is 114 cm³/mol. The van der Waals surface area contributed by atoms with Crippen LogP contribution in [0.2, 0.25) is 5.02 Å². The number of halogens is 1. The molecule has 3 rings (SSSR count). The summed E-state index contributed by atoms with van der Waals surface area (Å²) < 4.78 is 26.4. The van der Waals surface area contributed by atoms with E-state index in [-0.39, 0.29) is 11.7 Å². The van der Waals surface area contributed by atoms with E-state index in [0.717, 1.165) is 5.69 Å². The molecule has 1 N–H and O–H groups in total. The lowest BCUT2D eigenvalue weighted by Crippen LogP contribution is -2.48. The van der Waals surface area contributed by atoms with Gasteiger partial charge < -0.3 is 9.80 Å². The van der Waals surface area contributed by atoms with Gasteiger partial charge in [0.25, 0.3) is 5.91 Å². The molecule has 0 bridgehead atoms. The van der Waals surface area contributed by atoms with Crippen LogP contribution in [0.3, 0.4) is 0 Å². The van der Waals surface area contributed by atoms with Crippen molar-refractivity contribution in [2.75, 3.05) is 41.6 Å². The monoisotopic (exact) mass is 421 g/mol. The molecule has 0 aliphatic carbocycles. The summed E-state index contributed by atoms with van der Waals surface area (Å²) in [5.41, 5.74) is 1.86. The lowest BCUT2D eigenvalue weighted by atomic mass is 10.1. The Kier molecular flexibility index (Phi) is 6.46. The number of benzene rings is 2. The van der Waals surface area contributed by atoms with E-state index in [1.165, 1.54) is 0 Å². The summed E-state index contributed by atoms with van der Waals surface area (Å²) in [6, 6.07) is 14.3. The van der Waals surface area contributed by atoms with Crippen LogP contribution >= 0.6 is 11.6 Å². The van der Waals surface area contributed by atoms with Crippen molar-refractivity contribution >= 4 is 38.9 Å². The zero-order valence-electron chi connectivity index (χ0n) is 15.8. The van der Waals surface area contributed by atoms with Gasteiger partial charge in [0.05, 0.1) is 16.5 Å². The number of carbonyl (C=O) groups excluding carboxylic acids is 1. The van der Waals surface area contributed by atoms with E-state index in [0.29, 0.717) is 48.9 Å². The second-order valence-electron chi connectivity index (χ2n) is 6.73. The molecule has 1 fully saturated rings. The van der Waals surface area contributed by atoms with Crippen molar-refractivity contribution < 1.29 is 13.2 Å². The predicted octanol–water partition coefficient (Wildman–Crippen LogP) is 3.45. The van der Waals surface area contributed by atoms with Crippen LogP contribution in [0.25, 0.3) is 0 Å². The molecular formula is C20H24ClN3O3S. The summed E-state index contributed by atoms with van der Waals surface area (Å²) in [4.78, 5) is 16.8. The number of hydrogen-bond donors (Lipinski definition) is 1. The highest BCUT2D eigenvalue weighted by Crippen LogP contribution is 2.26. The van der Waals surface area contributed by atoms with E-state index in [2.05, 4.69) is 9.62 Å². The first kappa shape index (κ1) is 20.5. The van der Waals surface area contributed by atoms with Gasteiger partial charge in [0.1, 0.15) is 0 Å². The third-order valence-electron chi connectivity index (χ3n) is 4.62. The minimum Gasteiger partial charge on any atom is -0.367 e. The second kappa shape index (κ2) is 8.84. The summed E-state index contributed by atoms with van der Waals surface area (Å²) in [6.07, 6.45) is 0.531. The molecule has 150 valence electrons. The van der Waals surface area contributed by atoms with Crippen LogP contribution in [-0.2, 0) is 10.0 Å². The Hall–Kier alpha value is -2.25. The zero-order valence-corrected chi connectivity index (χ0v) is 17.3. The first-order chi connectivity index (χ1) is 13.4. The molecular weight excluding hydrogens is 398 g/mol. The van der Waals surface area contributed by atoms with Gasteiger partial charge in [-0.1, -0.05) is 36.7 Å². The number of nitrogens with zero attached hydrogens (tertiary/aromatic N) is 2. The lowest BCUT2D eigenvalue weighted by molar-refractivity contribution is 0.0747. The molecule has 0 radical (unpaired) electrons. The molecule has 1 saturated heterocycles. The van der Waals surface area contributed by atoms with E-state index in [9.17, 15) is 13.2 Å². The first-order valence-electron chi connectivity index (χ1n) is 9.29. The van der Waals surface area contributed by atoms with Crippen LogP contribution in [-0.4, -0.2) is 51.2 Å². The highest BCUT2D eigenvalue weighted by Gasteiger charge is 2.23. The van der Waals surface area contributed by atoms with Gasteiger partial charge >= 0.3 is 0 Å². The molecule has 6 nitrogen and oxygen atoms in total. The van der Waals surface area contributed by atoms with E-state index in [4.69, 9.17) is 11.6 Å². The molecule has 1 aliphatic heterocycles. The molecule has 8 heteroatoms. The molecule has 1 aliphatic rings. The summed E-state index contributed by atoms with van der Waals surface area (Å²) in [7, 11) is -3.39. The maximum Gasteiger partial charge on any atom is 0.254 e. The number of piperazine rings is 1. The van der Waals surface area contributed by atoms with E-state index in [1.54, 1.807) is 36.1 Å². The third kappa shape index (κ3) is 4.97. The fourth-order valence-corrected chi connectivity index (χ4v) is 4.64. The van der Waals surface area contributed by atoms with E-state index >= 15 is 0 Å². The fraction of sp³-hybridized carbons (Fsp3) is 0.350. The maximum absolute atomic E-state index is 12.9. The van der Waals surface area contributed by atoms with Gasteiger partial charge in [0.15, 0.2) is 0 Å². The number of anilines is 2. The van der Waals surface area contributed by atoms with Crippen LogP contribution < -0.4 is 9.62 Å². The standard InChI is InChI=1S/C20H24ClN3O3S/c1-2-14-28(26,27)22-17-7-5-6-16(15-17)20(25)24-12-10-23(11-13-24)19-9-4-3-8-18(19)21/h3-9,15,22H,2,10-14H2,1H3. The number of sulfonamides is 1. The van der Waals surface area contributed by atoms with Gasteiger partial charge in [-0.05, 0) is 36.8 Å². The average Bonchev–Trinajstić information content (AvgIpc) is 2.68. The smallest absolute Gasteiger partial charge is 0.254 e.